The maximum Gasteiger partial charge on any atom is 0.333 e. The number of fused-ring (bicyclic) bond motifs is 2. The molecule has 0 heterocycles. The molecule has 30 heavy (non-hydrogen) atoms. The Labute approximate surface area is 180 Å². The minimum atomic E-state index is -0.195. The molecule has 0 aromatic heterocycles. The lowest BCUT2D eigenvalue weighted by molar-refractivity contribution is -0.153. The van der Waals surface area contributed by atoms with Crippen LogP contribution in [0.15, 0.2) is 24.3 Å². The van der Waals surface area contributed by atoms with Crippen molar-refractivity contribution in [2.24, 2.45) is 35.5 Å². The number of carbonyl (C=O) groups excluding carboxylic acids is 2. The van der Waals surface area contributed by atoms with Gasteiger partial charge in [-0.05, 0) is 86.9 Å². The van der Waals surface area contributed by atoms with Crippen LogP contribution < -0.4 is 0 Å². The molecule has 0 radical (unpaired) electrons. The predicted octanol–water partition coefficient (Wildman–Crippen LogP) is 5.37. The topological polar surface area (TPSA) is 52.6 Å². The average molecular weight is 413 g/mol. The van der Waals surface area contributed by atoms with Crippen molar-refractivity contribution < 1.29 is 19.1 Å². The van der Waals surface area contributed by atoms with E-state index in [1.165, 1.54) is 51.4 Å². The van der Waals surface area contributed by atoms with Gasteiger partial charge in [-0.15, -0.1) is 0 Å². The lowest BCUT2D eigenvalue weighted by Gasteiger charge is -2.28. The molecule has 0 aromatic rings. The summed E-state index contributed by atoms with van der Waals surface area (Å²) in [5, 5.41) is 0. The summed E-state index contributed by atoms with van der Waals surface area (Å²) in [6.45, 7) is 8.16. The van der Waals surface area contributed by atoms with Gasteiger partial charge in [-0.1, -0.05) is 38.8 Å². The third-order valence-corrected chi connectivity index (χ3v) is 8.81. The van der Waals surface area contributed by atoms with Crippen molar-refractivity contribution in [2.75, 3.05) is 0 Å². The van der Waals surface area contributed by atoms with E-state index in [1.54, 1.807) is 0 Å². The van der Waals surface area contributed by atoms with Crippen molar-refractivity contribution >= 4 is 11.9 Å². The molecule has 0 spiro atoms. The van der Waals surface area contributed by atoms with E-state index in [0.29, 0.717) is 46.7 Å². The molecule has 0 aromatic carbocycles. The Kier molecular flexibility index (Phi) is 5.53. The van der Waals surface area contributed by atoms with Crippen LogP contribution in [0.1, 0.15) is 77.0 Å². The molecule has 5 saturated carbocycles. The van der Waals surface area contributed by atoms with Gasteiger partial charge in [0.05, 0.1) is 0 Å². The monoisotopic (exact) mass is 412 g/mol. The summed E-state index contributed by atoms with van der Waals surface area (Å²) >= 11 is 0. The molecule has 5 aliphatic carbocycles. The zero-order chi connectivity index (χ0) is 20.8. The quantitative estimate of drug-likeness (QED) is 0.435. The van der Waals surface area contributed by atoms with E-state index >= 15 is 0 Å². The van der Waals surface area contributed by atoms with E-state index < -0.39 is 0 Å². The first-order valence-corrected chi connectivity index (χ1v) is 12.3. The molecule has 0 bridgehead atoms. The van der Waals surface area contributed by atoms with E-state index in [0.717, 1.165) is 25.7 Å². The Bertz CT molecular complexity index is 645. The Morgan fingerprint density at radius 2 is 0.833 bits per heavy atom. The van der Waals surface area contributed by atoms with Crippen LogP contribution in [-0.4, -0.2) is 24.1 Å². The minimum absolute atomic E-state index is 0.0699. The Balaban J connectivity index is 1.03. The summed E-state index contributed by atoms with van der Waals surface area (Å²) in [5.74, 6) is 3.06. The molecule has 0 saturated heterocycles. The molecule has 5 aliphatic rings. The van der Waals surface area contributed by atoms with Gasteiger partial charge in [0.25, 0.3) is 0 Å². The molecule has 4 atom stereocenters. The number of hydrogen-bond donors (Lipinski definition) is 0. The Morgan fingerprint density at radius 1 is 0.533 bits per heavy atom. The van der Waals surface area contributed by atoms with E-state index in [9.17, 15) is 9.59 Å². The van der Waals surface area contributed by atoms with Crippen molar-refractivity contribution in [1.82, 2.24) is 0 Å². The fourth-order valence-corrected chi connectivity index (χ4v) is 7.01. The highest BCUT2D eigenvalue weighted by Crippen LogP contribution is 2.59. The van der Waals surface area contributed by atoms with Gasteiger partial charge in [-0.3, -0.25) is 0 Å². The van der Waals surface area contributed by atoms with Crippen LogP contribution in [0.25, 0.3) is 0 Å². The first kappa shape index (κ1) is 20.3. The lowest BCUT2D eigenvalue weighted by Crippen LogP contribution is -2.30. The molecule has 4 heteroatoms. The lowest BCUT2D eigenvalue weighted by atomic mass is 9.94. The largest absolute Gasteiger partial charge is 0.459 e. The highest BCUT2D eigenvalue weighted by Gasteiger charge is 2.54. The van der Waals surface area contributed by atoms with Crippen LogP contribution in [0.4, 0.5) is 0 Å². The number of esters is 2. The SMILES string of the molecule is C=C(C(=O)OC1CCC(OC(=O)C(=C)C2C3CCCCC32)CC1)C1C2CCCCC21. The van der Waals surface area contributed by atoms with Crippen LogP contribution in [0.2, 0.25) is 0 Å². The zero-order valence-corrected chi connectivity index (χ0v) is 18.2. The molecule has 5 rings (SSSR count). The number of rotatable bonds is 6. The van der Waals surface area contributed by atoms with Crippen LogP contribution in [0, 0.1) is 35.5 Å². The second-order valence-electron chi connectivity index (χ2n) is 10.5. The smallest absolute Gasteiger partial charge is 0.333 e. The first-order chi connectivity index (χ1) is 14.5. The molecule has 0 N–H and O–H groups in total. The fourth-order valence-electron chi connectivity index (χ4n) is 7.01. The standard InChI is InChI=1S/C26H36O4/c1-15(23-19-7-3-4-8-20(19)23)25(27)29-17-11-13-18(14-12-17)30-26(28)16(2)24-21-9-5-6-10-22(21)24/h17-24H,1-14H2. The van der Waals surface area contributed by atoms with Crippen molar-refractivity contribution in [2.45, 2.75) is 89.3 Å². The highest BCUT2D eigenvalue weighted by atomic mass is 16.6. The minimum Gasteiger partial charge on any atom is -0.459 e. The van der Waals surface area contributed by atoms with Crippen molar-refractivity contribution in [3.8, 4) is 0 Å². The normalized spacial score (nSPS) is 41.6. The average Bonchev–Trinajstić information content (AvgIpc) is 3.67. The van der Waals surface area contributed by atoms with Crippen molar-refractivity contribution in [3.63, 3.8) is 0 Å². The van der Waals surface area contributed by atoms with Gasteiger partial charge in [-0.25, -0.2) is 9.59 Å². The summed E-state index contributed by atoms with van der Waals surface area (Å²) in [6.07, 6.45) is 13.0. The fraction of sp³-hybridized carbons (Fsp3) is 0.769. The maximum absolute atomic E-state index is 12.6. The molecule has 4 nitrogen and oxygen atoms in total. The number of hydrogen-bond acceptors (Lipinski definition) is 4. The second-order valence-corrected chi connectivity index (χ2v) is 10.5. The Hall–Kier alpha value is -1.58. The Morgan fingerprint density at radius 3 is 1.13 bits per heavy atom. The van der Waals surface area contributed by atoms with Gasteiger partial charge in [0.2, 0.25) is 0 Å². The second kappa shape index (κ2) is 8.16. The molecule has 5 fully saturated rings. The van der Waals surface area contributed by atoms with Gasteiger partial charge in [0, 0.05) is 11.1 Å². The summed E-state index contributed by atoms with van der Waals surface area (Å²) in [4.78, 5) is 25.1. The van der Waals surface area contributed by atoms with E-state index in [2.05, 4.69) is 13.2 Å². The molecule has 4 unspecified atom stereocenters. The van der Waals surface area contributed by atoms with Gasteiger partial charge in [-0.2, -0.15) is 0 Å². The van der Waals surface area contributed by atoms with Crippen LogP contribution in [0.5, 0.6) is 0 Å². The number of ether oxygens (including phenoxy) is 2. The van der Waals surface area contributed by atoms with Crippen LogP contribution in [0.3, 0.4) is 0 Å². The van der Waals surface area contributed by atoms with E-state index in [4.69, 9.17) is 9.47 Å². The number of carbonyl (C=O) groups is 2. The van der Waals surface area contributed by atoms with Crippen LogP contribution >= 0.6 is 0 Å². The molecular weight excluding hydrogens is 376 g/mol. The maximum atomic E-state index is 12.6. The molecule has 164 valence electrons. The molecule has 0 aliphatic heterocycles. The van der Waals surface area contributed by atoms with Gasteiger partial charge in [0.15, 0.2) is 0 Å². The van der Waals surface area contributed by atoms with Crippen LogP contribution in [-0.2, 0) is 19.1 Å². The van der Waals surface area contributed by atoms with Gasteiger partial charge < -0.3 is 9.47 Å². The first-order valence-electron chi connectivity index (χ1n) is 12.3. The van der Waals surface area contributed by atoms with E-state index in [-0.39, 0.29) is 24.1 Å². The zero-order valence-electron chi connectivity index (χ0n) is 18.2. The van der Waals surface area contributed by atoms with E-state index in [1.807, 2.05) is 0 Å². The summed E-state index contributed by atoms with van der Waals surface area (Å²) in [5.41, 5.74) is 1.39. The summed E-state index contributed by atoms with van der Waals surface area (Å²) in [6, 6.07) is 0. The highest BCUT2D eigenvalue weighted by molar-refractivity contribution is 5.90. The third kappa shape index (κ3) is 3.87. The van der Waals surface area contributed by atoms with Gasteiger partial charge in [0.1, 0.15) is 12.2 Å². The van der Waals surface area contributed by atoms with Crippen molar-refractivity contribution in [3.05, 3.63) is 24.3 Å². The summed E-state index contributed by atoms with van der Waals surface area (Å²) in [7, 11) is 0. The molecular formula is C26H36O4. The summed E-state index contributed by atoms with van der Waals surface area (Å²) < 4.78 is 11.6. The van der Waals surface area contributed by atoms with Crippen molar-refractivity contribution in [1.29, 1.82) is 0 Å². The third-order valence-electron chi connectivity index (χ3n) is 8.81. The van der Waals surface area contributed by atoms with Gasteiger partial charge >= 0.3 is 11.9 Å². The predicted molar refractivity (Wildman–Crippen MR) is 114 cm³/mol. The molecule has 0 amide bonds.